The summed E-state index contributed by atoms with van der Waals surface area (Å²) in [6.07, 6.45) is 6.59. The number of piperidine rings is 2. The zero-order valence-electron chi connectivity index (χ0n) is 34.0. The number of rotatable bonds is 13. The lowest BCUT2D eigenvalue weighted by Crippen LogP contribution is -2.54. The molecule has 3 aromatic heterocycles. The van der Waals surface area contributed by atoms with E-state index in [2.05, 4.69) is 45.8 Å². The van der Waals surface area contributed by atoms with Crippen LogP contribution in [0.1, 0.15) is 87.0 Å². The lowest BCUT2D eigenvalue weighted by atomic mass is 9.86. The van der Waals surface area contributed by atoms with Crippen molar-refractivity contribution in [3.8, 4) is 5.75 Å². The monoisotopic (exact) mass is 839 g/mol. The first-order valence-electron chi connectivity index (χ1n) is 20.8. The molecule has 6 heterocycles. The van der Waals surface area contributed by atoms with E-state index in [1.807, 2.05) is 48.2 Å². The number of hydrogen-bond donors (Lipinski definition) is 4. The highest BCUT2D eigenvalue weighted by atomic mass is 16.5. The number of ether oxygens (including phenoxy) is 1. The van der Waals surface area contributed by atoms with Crippen LogP contribution in [0.2, 0.25) is 0 Å². The Balaban J connectivity index is 0.695. The van der Waals surface area contributed by atoms with E-state index >= 15 is 0 Å². The molecule has 318 valence electrons. The third-order valence-electron chi connectivity index (χ3n) is 12.0. The molecule has 9 rings (SSSR count). The molecule has 18 nitrogen and oxygen atoms in total. The van der Waals surface area contributed by atoms with E-state index in [1.165, 1.54) is 18.5 Å². The third kappa shape index (κ3) is 8.27. The Labute approximate surface area is 355 Å². The van der Waals surface area contributed by atoms with Crippen molar-refractivity contribution in [3.63, 3.8) is 0 Å². The standard InChI is InChI=1S/C44H45N11O7/c1-25-3-2-4-34(50-25)41(58)51-29-17-30(18-29)54-24-49-38-39(47-23-48-40(38)54)46-20-26-5-8-31(9-6-26)62-22-27-13-15-53(16-14-27)37(57)21-45-28-7-10-32-33(19-28)44(61)55(43(32)60)35-11-12-36(56)52-42(35)59/h2-10,19,23-24,27,29-30,35,45H,11-18,20-22H2,1H3,(H,51,58)(H,46,47,48)(H,52,56,59)/t29?,30?,35-/m0/s1. The number of fused-ring (bicyclic) bond motifs is 2. The molecule has 3 fully saturated rings. The number of pyridine rings is 1. The zero-order chi connectivity index (χ0) is 42.9. The van der Waals surface area contributed by atoms with Crippen LogP contribution < -0.4 is 26.0 Å². The number of imide groups is 2. The van der Waals surface area contributed by atoms with E-state index in [-0.39, 0.29) is 54.4 Å². The van der Waals surface area contributed by atoms with Crippen LogP contribution in [-0.2, 0) is 20.9 Å². The van der Waals surface area contributed by atoms with Gasteiger partial charge in [0.05, 0.1) is 30.6 Å². The van der Waals surface area contributed by atoms with Crippen molar-refractivity contribution in [1.29, 1.82) is 0 Å². The van der Waals surface area contributed by atoms with Crippen molar-refractivity contribution in [1.82, 2.24) is 44.9 Å². The predicted octanol–water partition coefficient (Wildman–Crippen LogP) is 3.41. The Morgan fingerprint density at radius 3 is 2.45 bits per heavy atom. The van der Waals surface area contributed by atoms with Gasteiger partial charge in [-0.15, -0.1) is 0 Å². The van der Waals surface area contributed by atoms with E-state index in [4.69, 9.17) is 4.74 Å². The number of nitrogens with zero attached hydrogens (tertiary/aromatic N) is 7. The molecule has 2 saturated heterocycles. The van der Waals surface area contributed by atoms with E-state index in [9.17, 15) is 28.8 Å². The molecule has 0 bridgehead atoms. The number of benzene rings is 2. The van der Waals surface area contributed by atoms with Gasteiger partial charge in [0, 0.05) is 49.5 Å². The summed E-state index contributed by atoms with van der Waals surface area (Å²) in [5.74, 6) is -0.820. The normalized spacial score (nSPS) is 20.1. The molecule has 5 aromatic rings. The second kappa shape index (κ2) is 17.0. The molecule has 1 aliphatic carbocycles. The largest absolute Gasteiger partial charge is 0.493 e. The SMILES string of the molecule is Cc1cccc(C(=O)NC2CC(n3cnc4c(NCc5ccc(OCC6CCN(C(=O)CNc7ccc8c(c7)C(=O)N([C@H]7CCC(=O)NC7=O)C8=O)CC6)cc5)ncnc43)C2)n1. The summed E-state index contributed by atoms with van der Waals surface area (Å²) < 4.78 is 8.19. The fourth-order valence-corrected chi connectivity index (χ4v) is 8.43. The van der Waals surface area contributed by atoms with Crippen LogP contribution in [0.4, 0.5) is 11.5 Å². The summed E-state index contributed by atoms with van der Waals surface area (Å²) in [4.78, 5) is 96.5. The average Bonchev–Trinajstić information content (AvgIpc) is 3.80. The lowest BCUT2D eigenvalue weighted by molar-refractivity contribution is -0.136. The van der Waals surface area contributed by atoms with Crippen LogP contribution in [0.3, 0.4) is 0 Å². The number of anilines is 2. The first kappa shape index (κ1) is 40.2. The number of aromatic nitrogens is 5. The van der Waals surface area contributed by atoms with Gasteiger partial charge in [-0.3, -0.25) is 39.0 Å². The van der Waals surface area contributed by atoms with E-state index in [1.54, 1.807) is 18.5 Å². The van der Waals surface area contributed by atoms with Gasteiger partial charge in [0.1, 0.15) is 29.3 Å². The predicted molar refractivity (Wildman–Crippen MR) is 224 cm³/mol. The fraction of sp³-hybridized carbons (Fsp3) is 0.364. The van der Waals surface area contributed by atoms with Gasteiger partial charge in [-0.2, -0.15) is 0 Å². The maximum absolute atomic E-state index is 13.2. The van der Waals surface area contributed by atoms with Crippen LogP contribution in [-0.4, -0.2) is 108 Å². The molecule has 6 amide bonds. The maximum atomic E-state index is 13.2. The number of likely N-dealkylation sites (tertiary alicyclic amines) is 1. The summed E-state index contributed by atoms with van der Waals surface area (Å²) in [6.45, 7) is 4.13. The molecule has 1 atom stereocenters. The highest BCUT2D eigenvalue weighted by molar-refractivity contribution is 6.23. The number of aryl methyl sites for hydroxylation is 1. The molecule has 0 unspecified atom stereocenters. The van der Waals surface area contributed by atoms with Crippen LogP contribution in [0, 0.1) is 12.8 Å². The lowest BCUT2D eigenvalue weighted by Gasteiger charge is -2.36. The van der Waals surface area contributed by atoms with Gasteiger partial charge in [0.2, 0.25) is 17.7 Å². The van der Waals surface area contributed by atoms with Gasteiger partial charge in [0.15, 0.2) is 11.5 Å². The van der Waals surface area contributed by atoms with Crippen molar-refractivity contribution in [2.45, 2.75) is 70.1 Å². The summed E-state index contributed by atoms with van der Waals surface area (Å²) >= 11 is 0. The first-order chi connectivity index (χ1) is 30.1. The number of amides is 6. The van der Waals surface area contributed by atoms with Crippen LogP contribution in [0.15, 0.2) is 73.3 Å². The molecule has 0 spiro atoms. The van der Waals surface area contributed by atoms with Gasteiger partial charge < -0.3 is 30.2 Å². The number of hydrogen-bond acceptors (Lipinski definition) is 13. The molecular formula is C44H45N11O7. The second-order valence-corrected chi connectivity index (χ2v) is 16.2. The number of carbonyl (C=O) groups excluding carboxylic acids is 6. The van der Waals surface area contributed by atoms with Crippen LogP contribution >= 0.6 is 0 Å². The van der Waals surface area contributed by atoms with Crippen molar-refractivity contribution in [2.24, 2.45) is 5.92 Å². The Bertz CT molecular complexity index is 2580. The second-order valence-electron chi connectivity index (χ2n) is 16.2. The zero-order valence-corrected chi connectivity index (χ0v) is 34.0. The van der Waals surface area contributed by atoms with Crippen molar-refractivity contribution in [2.75, 3.05) is 36.9 Å². The number of imidazole rings is 1. The maximum Gasteiger partial charge on any atom is 0.270 e. The topological polar surface area (TPSA) is 223 Å². The van der Waals surface area contributed by atoms with Gasteiger partial charge in [-0.25, -0.2) is 19.9 Å². The fourth-order valence-electron chi connectivity index (χ4n) is 8.43. The smallest absolute Gasteiger partial charge is 0.270 e. The minimum Gasteiger partial charge on any atom is -0.493 e. The average molecular weight is 840 g/mol. The molecular weight excluding hydrogens is 795 g/mol. The van der Waals surface area contributed by atoms with Crippen molar-refractivity contribution in [3.05, 3.63) is 101 Å². The molecule has 62 heavy (non-hydrogen) atoms. The first-order valence-corrected chi connectivity index (χ1v) is 20.8. The Kier molecular flexibility index (Phi) is 11.0. The van der Waals surface area contributed by atoms with Crippen molar-refractivity contribution >= 4 is 58.1 Å². The summed E-state index contributed by atoms with van der Waals surface area (Å²) in [7, 11) is 0. The van der Waals surface area contributed by atoms with Gasteiger partial charge in [-0.1, -0.05) is 18.2 Å². The quantitative estimate of drug-likeness (QED) is 0.125. The molecule has 1 saturated carbocycles. The summed E-state index contributed by atoms with van der Waals surface area (Å²) in [6, 6.07) is 17.2. The number of carbonyl (C=O) groups is 6. The highest BCUT2D eigenvalue weighted by Crippen LogP contribution is 2.35. The Hall–Kier alpha value is -7.24. The van der Waals surface area contributed by atoms with E-state index < -0.39 is 29.7 Å². The molecule has 4 aliphatic rings. The minimum atomic E-state index is -1.04. The highest BCUT2D eigenvalue weighted by Gasteiger charge is 2.44. The summed E-state index contributed by atoms with van der Waals surface area (Å²) in [5.41, 5.74) is 4.53. The van der Waals surface area contributed by atoms with Crippen molar-refractivity contribution < 1.29 is 33.5 Å². The molecule has 2 aromatic carbocycles. The Morgan fingerprint density at radius 2 is 1.68 bits per heavy atom. The van der Waals surface area contributed by atoms with E-state index in [0.717, 1.165) is 53.2 Å². The Morgan fingerprint density at radius 1 is 0.887 bits per heavy atom. The molecule has 18 heteroatoms. The summed E-state index contributed by atoms with van der Waals surface area (Å²) in [5, 5.41) is 11.7. The minimum absolute atomic E-state index is 0.0163. The third-order valence-corrected chi connectivity index (χ3v) is 12.0. The van der Waals surface area contributed by atoms with Crippen LogP contribution in [0.25, 0.3) is 11.2 Å². The van der Waals surface area contributed by atoms with Gasteiger partial charge in [0.25, 0.3) is 17.7 Å². The van der Waals surface area contributed by atoms with Crippen LogP contribution in [0.5, 0.6) is 5.75 Å². The van der Waals surface area contributed by atoms with Gasteiger partial charge >= 0.3 is 0 Å². The molecule has 0 radical (unpaired) electrons. The number of nitrogens with one attached hydrogen (secondary N) is 4. The van der Waals surface area contributed by atoms with E-state index in [0.29, 0.717) is 54.9 Å². The molecule has 3 aliphatic heterocycles. The molecule has 4 N–H and O–H groups in total. The van der Waals surface area contributed by atoms with Gasteiger partial charge in [-0.05, 0) is 93.0 Å².